The van der Waals surface area contributed by atoms with Gasteiger partial charge in [-0.3, -0.25) is 0 Å². The SMILES string of the molecule is c1ccc(N(c2ccc(-c3cccc4c3oc3cc5ccccc5cc34)cc2)c2ccc3ccccc3c2)cc1. The Balaban J connectivity index is 1.24. The summed E-state index contributed by atoms with van der Waals surface area (Å²) < 4.78 is 6.49. The van der Waals surface area contributed by atoms with Crippen molar-refractivity contribution in [3.05, 3.63) is 152 Å². The second-order valence-electron chi connectivity index (χ2n) is 10.2. The number of furan rings is 1. The summed E-state index contributed by atoms with van der Waals surface area (Å²) >= 11 is 0. The smallest absolute Gasteiger partial charge is 0.143 e. The Hall–Kier alpha value is -5.34. The molecule has 0 aliphatic rings. The summed E-state index contributed by atoms with van der Waals surface area (Å²) in [5.74, 6) is 0. The van der Waals surface area contributed by atoms with Crippen LogP contribution in [0.25, 0.3) is 54.6 Å². The Morgan fingerprint density at radius 2 is 1.02 bits per heavy atom. The van der Waals surface area contributed by atoms with Crippen LogP contribution < -0.4 is 4.90 Å². The molecule has 8 rings (SSSR count). The third kappa shape index (κ3) is 3.73. The van der Waals surface area contributed by atoms with Crippen LogP contribution >= 0.6 is 0 Å². The van der Waals surface area contributed by atoms with Crippen molar-refractivity contribution in [3.8, 4) is 11.1 Å². The van der Waals surface area contributed by atoms with Crippen LogP contribution in [0, 0.1) is 0 Å². The van der Waals surface area contributed by atoms with Gasteiger partial charge < -0.3 is 9.32 Å². The van der Waals surface area contributed by atoms with Crippen LogP contribution in [-0.4, -0.2) is 0 Å². The van der Waals surface area contributed by atoms with E-state index in [-0.39, 0.29) is 0 Å². The lowest BCUT2D eigenvalue weighted by Gasteiger charge is -2.26. The summed E-state index contributed by atoms with van der Waals surface area (Å²) in [6, 6.07) is 53.8. The highest BCUT2D eigenvalue weighted by Crippen LogP contribution is 2.40. The third-order valence-corrected chi connectivity index (χ3v) is 7.81. The molecule has 1 heterocycles. The lowest BCUT2D eigenvalue weighted by atomic mass is 10.0. The predicted octanol–water partition coefficient (Wildman–Crippen LogP) is 11.0. The van der Waals surface area contributed by atoms with Gasteiger partial charge in [0, 0.05) is 33.4 Å². The van der Waals surface area contributed by atoms with Gasteiger partial charge in [-0.25, -0.2) is 0 Å². The molecule has 188 valence electrons. The van der Waals surface area contributed by atoms with Gasteiger partial charge in [0.15, 0.2) is 0 Å². The summed E-state index contributed by atoms with van der Waals surface area (Å²) in [4.78, 5) is 2.31. The molecule has 0 spiro atoms. The zero-order chi connectivity index (χ0) is 26.5. The molecule has 0 unspecified atom stereocenters. The maximum absolute atomic E-state index is 6.49. The number of hydrogen-bond donors (Lipinski definition) is 0. The van der Waals surface area contributed by atoms with E-state index in [1.807, 2.05) is 0 Å². The molecule has 0 amide bonds. The fraction of sp³-hybridized carbons (Fsp3) is 0. The molecule has 0 bridgehead atoms. The maximum Gasteiger partial charge on any atom is 0.143 e. The minimum Gasteiger partial charge on any atom is -0.455 e. The van der Waals surface area contributed by atoms with E-state index in [4.69, 9.17) is 4.42 Å². The second-order valence-corrected chi connectivity index (χ2v) is 10.2. The van der Waals surface area contributed by atoms with E-state index in [1.165, 1.54) is 21.5 Å². The Morgan fingerprint density at radius 3 is 1.80 bits per heavy atom. The zero-order valence-corrected chi connectivity index (χ0v) is 21.8. The molecule has 2 nitrogen and oxygen atoms in total. The van der Waals surface area contributed by atoms with Crippen LogP contribution in [0.5, 0.6) is 0 Å². The van der Waals surface area contributed by atoms with Crippen molar-refractivity contribution in [2.75, 3.05) is 4.90 Å². The number of rotatable bonds is 4. The normalized spacial score (nSPS) is 11.5. The minimum atomic E-state index is 0.921. The topological polar surface area (TPSA) is 16.4 Å². The number of anilines is 3. The molecule has 0 fully saturated rings. The number of nitrogens with zero attached hydrogens (tertiary/aromatic N) is 1. The quantitative estimate of drug-likeness (QED) is 0.234. The van der Waals surface area contributed by atoms with E-state index in [9.17, 15) is 0 Å². The van der Waals surface area contributed by atoms with Crippen molar-refractivity contribution in [3.63, 3.8) is 0 Å². The summed E-state index contributed by atoms with van der Waals surface area (Å²) in [5.41, 5.74) is 7.43. The molecule has 0 saturated carbocycles. The van der Waals surface area contributed by atoms with Gasteiger partial charge >= 0.3 is 0 Å². The van der Waals surface area contributed by atoms with E-state index in [0.29, 0.717) is 0 Å². The summed E-state index contributed by atoms with van der Waals surface area (Å²) in [6.45, 7) is 0. The molecule has 8 aromatic rings. The number of para-hydroxylation sites is 2. The first kappa shape index (κ1) is 22.6. The van der Waals surface area contributed by atoms with Crippen LogP contribution in [0.1, 0.15) is 0 Å². The van der Waals surface area contributed by atoms with Crippen molar-refractivity contribution in [2.24, 2.45) is 0 Å². The van der Waals surface area contributed by atoms with Crippen LogP contribution in [-0.2, 0) is 0 Å². The average Bonchev–Trinajstić information content (AvgIpc) is 3.38. The van der Waals surface area contributed by atoms with Crippen LogP contribution in [0.15, 0.2) is 156 Å². The number of fused-ring (bicyclic) bond motifs is 5. The van der Waals surface area contributed by atoms with Gasteiger partial charge in [0.05, 0.1) is 0 Å². The number of hydrogen-bond acceptors (Lipinski definition) is 2. The largest absolute Gasteiger partial charge is 0.455 e. The molecule has 1 aromatic heterocycles. The zero-order valence-electron chi connectivity index (χ0n) is 21.8. The molecule has 0 aliphatic carbocycles. The summed E-state index contributed by atoms with van der Waals surface area (Å²) in [7, 11) is 0. The molecule has 0 radical (unpaired) electrons. The molecule has 2 heteroatoms. The van der Waals surface area contributed by atoms with Crippen molar-refractivity contribution >= 4 is 60.5 Å². The van der Waals surface area contributed by atoms with E-state index in [0.717, 1.165) is 50.1 Å². The van der Waals surface area contributed by atoms with Crippen molar-refractivity contribution < 1.29 is 4.42 Å². The molecule has 0 N–H and O–H groups in total. The molecule has 0 aliphatic heterocycles. The molecular formula is C38H25NO. The van der Waals surface area contributed by atoms with Crippen molar-refractivity contribution in [2.45, 2.75) is 0 Å². The lowest BCUT2D eigenvalue weighted by Crippen LogP contribution is -2.09. The fourth-order valence-electron chi connectivity index (χ4n) is 5.84. The Bertz CT molecular complexity index is 2160. The van der Waals surface area contributed by atoms with Crippen LogP contribution in [0.4, 0.5) is 17.1 Å². The maximum atomic E-state index is 6.49. The summed E-state index contributed by atoms with van der Waals surface area (Å²) in [5, 5.41) is 7.17. The molecule has 0 saturated heterocycles. The standard InChI is InChI=1S/C38H25NO/c1-2-13-31(14-3-1)39(33-22-17-26-9-4-5-10-28(26)23-33)32-20-18-27(19-21-32)34-15-8-16-35-36-24-29-11-6-7-12-30(29)25-37(36)40-38(34)35/h1-25H. The Labute approximate surface area is 232 Å². The van der Waals surface area contributed by atoms with Gasteiger partial charge in [-0.05, 0) is 75.6 Å². The van der Waals surface area contributed by atoms with Gasteiger partial charge in [-0.1, -0.05) is 103 Å². The summed E-state index contributed by atoms with van der Waals surface area (Å²) in [6.07, 6.45) is 0. The van der Waals surface area contributed by atoms with Crippen molar-refractivity contribution in [1.82, 2.24) is 0 Å². The molecular weight excluding hydrogens is 486 g/mol. The number of benzene rings is 7. The second kappa shape index (κ2) is 9.14. The van der Waals surface area contributed by atoms with Gasteiger partial charge in [-0.15, -0.1) is 0 Å². The predicted molar refractivity (Wildman–Crippen MR) is 169 cm³/mol. The van der Waals surface area contributed by atoms with E-state index in [1.54, 1.807) is 0 Å². The van der Waals surface area contributed by atoms with E-state index >= 15 is 0 Å². The minimum absolute atomic E-state index is 0.921. The van der Waals surface area contributed by atoms with Crippen LogP contribution in [0.2, 0.25) is 0 Å². The highest BCUT2D eigenvalue weighted by molar-refractivity contribution is 6.13. The first-order valence-corrected chi connectivity index (χ1v) is 13.6. The van der Waals surface area contributed by atoms with Gasteiger partial charge in [-0.2, -0.15) is 0 Å². The monoisotopic (exact) mass is 511 g/mol. The molecule has 0 atom stereocenters. The van der Waals surface area contributed by atoms with E-state index in [2.05, 4.69) is 157 Å². The highest BCUT2D eigenvalue weighted by Gasteiger charge is 2.16. The molecule has 7 aromatic carbocycles. The van der Waals surface area contributed by atoms with E-state index < -0.39 is 0 Å². The third-order valence-electron chi connectivity index (χ3n) is 7.81. The van der Waals surface area contributed by atoms with Gasteiger partial charge in [0.1, 0.15) is 11.2 Å². The van der Waals surface area contributed by atoms with Gasteiger partial charge in [0.25, 0.3) is 0 Å². The molecule has 40 heavy (non-hydrogen) atoms. The van der Waals surface area contributed by atoms with Crippen molar-refractivity contribution in [1.29, 1.82) is 0 Å². The van der Waals surface area contributed by atoms with Crippen LogP contribution in [0.3, 0.4) is 0 Å². The first-order chi connectivity index (χ1) is 19.8. The lowest BCUT2D eigenvalue weighted by molar-refractivity contribution is 0.670. The first-order valence-electron chi connectivity index (χ1n) is 13.6. The Kier molecular flexibility index (Phi) is 5.17. The highest BCUT2D eigenvalue weighted by atomic mass is 16.3. The Morgan fingerprint density at radius 1 is 0.400 bits per heavy atom. The average molecular weight is 512 g/mol. The van der Waals surface area contributed by atoms with Gasteiger partial charge in [0.2, 0.25) is 0 Å². The fourth-order valence-corrected chi connectivity index (χ4v) is 5.84.